The second-order valence-electron chi connectivity index (χ2n) is 6.34. The van der Waals surface area contributed by atoms with E-state index in [2.05, 4.69) is 21.7 Å². The highest BCUT2D eigenvalue weighted by Gasteiger charge is 2.22. The number of anilines is 1. The quantitative estimate of drug-likeness (QED) is 0.818. The van der Waals surface area contributed by atoms with Gasteiger partial charge in [0.25, 0.3) is 0 Å². The van der Waals surface area contributed by atoms with E-state index in [-0.39, 0.29) is 12.0 Å². The molecular formula is C19H22N4O2. The number of amides is 1. The summed E-state index contributed by atoms with van der Waals surface area (Å²) >= 11 is 0. The summed E-state index contributed by atoms with van der Waals surface area (Å²) in [4.78, 5) is 16.5. The number of aryl methyl sites for hydroxylation is 2. The highest BCUT2D eigenvalue weighted by Crippen LogP contribution is 2.23. The molecule has 3 rings (SSSR count). The van der Waals surface area contributed by atoms with E-state index >= 15 is 0 Å². The zero-order valence-corrected chi connectivity index (χ0v) is 14.6. The first kappa shape index (κ1) is 17.2. The lowest BCUT2D eigenvalue weighted by atomic mass is 10.0. The zero-order chi connectivity index (χ0) is 17.8. The maximum atomic E-state index is 11.9. The molecule has 6 heteroatoms. The number of benzene rings is 1. The molecule has 2 N–H and O–H groups in total. The number of hydrogen-bond donors (Lipinski definition) is 2. The van der Waals surface area contributed by atoms with Crippen molar-refractivity contribution in [2.75, 3.05) is 25.0 Å². The lowest BCUT2D eigenvalue weighted by Crippen LogP contribution is -2.36. The minimum Gasteiger partial charge on any atom is -0.368 e. The second kappa shape index (κ2) is 7.49. The summed E-state index contributed by atoms with van der Waals surface area (Å²) in [5.41, 5.74) is 3.70. The molecule has 6 nitrogen and oxygen atoms in total. The molecule has 2 aromatic rings. The molecule has 1 aliphatic rings. The van der Waals surface area contributed by atoms with Crippen LogP contribution in [0, 0.1) is 25.2 Å². The summed E-state index contributed by atoms with van der Waals surface area (Å²) in [6.07, 6.45) is 1.39. The summed E-state index contributed by atoms with van der Waals surface area (Å²) in [6, 6.07) is 8.10. The topological polar surface area (TPSA) is 87.0 Å². The number of nitrogens with zero attached hydrogens (tertiary/aromatic N) is 2. The van der Waals surface area contributed by atoms with Crippen molar-refractivity contribution in [3.8, 4) is 6.07 Å². The summed E-state index contributed by atoms with van der Waals surface area (Å²) in [6.45, 7) is 5.70. The van der Waals surface area contributed by atoms with Gasteiger partial charge >= 0.3 is 0 Å². The first-order valence-electron chi connectivity index (χ1n) is 8.54. The van der Waals surface area contributed by atoms with Gasteiger partial charge in [0.15, 0.2) is 0 Å². The van der Waals surface area contributed by atoms with Crippen LogP contribution in [0.2, 0.25) is 0 Å². The van der Waals surface area contributed by atoms with Crippen LogP contribution < -0.4 is 10.6 Å². The van der Waals surface area contributed by atoms with Crippen LogP contribution in [-0.2, 0) is 9.53 Å². The number of nitriles is 1. The molecule has 0 bridgehead atoms. The molecule has 1 aromatic heterocycles. The van der Waals surface area contributed by atoms with Gasteiger partial charge in [0, 0.05) is 25.1 Å². The third-order valence-electron chi connectivity index (χ3n) is 4.49. The Hall–Kier alpha value is -2.65. The van der Waals surface area contributed by atoms with Crippen LogP contribution >= 0.6 is 0 Å². The molecule has 1 amide bonds. The van der Waals surface area contributed by atoms with Gasteiger partial charge in [0.2, 0.25) is 5.91 Å². The molecule has 0 spiro atoms. The van der Waals surface area contributed by atoms with E-state index in [0.29, 0.717) is 31.1 Å². The SMILES string of the molecule is Cc1cc2cc(C#N)c(NCCNC(=O)[C@@H]3CCCO3)nc2cc1C. The largest absolute Gasteiger partial charge is 0.368 e. The predicted octanol–water partition coefficient (Wildman–Crippen LogP) is 2.43. The van der Waals surface area contributed by atoms with Crippen molar-refractivity contribution in [2.45, 2.75) is 32.8 Å². The van der Waals surface area contributed by atoms with Gasteiger partial charge in [-0.3, -0.25) is 4.79 Å². The van der Waals surface area contributed by atoms with E-state index in [1.807, 2.05) is 32.0 Å². The molecule has 1 aliphatic heterocycles. The summed E-state index contributed by atoms with van der Waals surface area (Å²) in [7, 11) is 0. The second-order valence-corrected chi connectivity index (χ2v) is 6.34. The fourth-order valence-corrected chi connectivity index (χ4v) is 2.93. The van der Waals surface area contributed by atoms with Gasteiger partial charge in [-0.05, 0) is 56.0 Å². The Kier molecular flexibility index (Phi) is 5.15. The normalized spacial score (nSPS) is 16.6. The van der Waals surface area contributed by atoms with Crippen molar-refractivity contribution < 1.29 is 9.53 Å². The van der Waals surface area contributed by atoms with Crippen molar-refractivity contribution >= 4 is 22.6 Å². The van der Waals surface area contributed by atoms with Gasteiger partial charge in [0.1, 0.15) is 18.0 Å². The number of rotatable bonds is 5. The lowest BCUT2D eigenvalue weighted by molar-refractivity contribution is -0.129. The van der Waals surface area contributed by atoms with Gasteiger partial charge in [0.05, 0.1) is 11.1 Å². The molecule has 0 saturated carbocycles. The highest BCUT2D eigenvalue weighted by atomic mass is 16.5. The highest BCUT2D eigenvalue weighted by molar-refractivity contribution is 5.84. The van der Waals surface area contributed by atoms with Crippen molar-refractivity contribution in [1.29, 1.82) is 5.26 Å². The molecule has 25 heavy (non-hydrogen) atoms. The molecule has 0 unspecified atom stereocenters. The Morgan fingerprint density at radius 3 is 2.84 bits per heavy atom. The fraction of sp³-hybridized carbons (Fsp3) is 0.421. The van der Waals surface area contributed by atoms with Crippen LogP contribution in [0.4, 0.5) is 5.82 Å². The Balaban J connectivity index is 1.65. The maximum absolute atomic E-state index is 11.9. The number of fused-ring (bicyclic) bond motifs is 1. The number of aromatic nitrogens is 1. The van der Waals surface area contributed by atoms with E-state index < -0.39 is 0 Å². The number of hydrogen-bond acceptors (Lipinski definition) is 5. The maximum Gasteiger partial charge on any atom is 0.249 e. The van der Waals surface area contributed by atoms with E-state index in [1.165, 1.54) is 11.1 Å². The van der Waals surface area contributed by atoms with Crippen molar-refractivity contribution in [2.24, 2.45) is 0 Å². The van der Waals surface area contributed by atoms with Crippen LogP contribution in [0.3, 0.4) is 0 Å². The van der Waals surface area contributed by atoms with Crippen molar-refractivity contribution in [3.63, 3.8) is 0 Å². The van der Waals surface area contributed by atoms with E-state index in [0.717, 1.165) is 23.7 Å². The summed E-state index contributed by atoms with van der Waals surface area (Å²) < 4.78 is 5.35. The van der Waals surface area contributed by atoms with Crippen molar-refractivity contribution in [1.82, 2.24) is 10.3 Å². The van der Waals surface area contributed by atoms with E-state index in [1.54, 1.807) is 0 Å². The molecule has 1 saturated heterocycles. The van der Waals surface area contributed by atoms with Gasteiger partial charge in [-0.15, -0.1) is 0 Å². The van der Waals surface area contributed by atoms with E-state index in [9.17, 15) is 10.1 Å². The van der Waals surface area contributed by atoms with Crippen LogP contribution in [-0.4, -0.2) is 36.7 Å². The molecule has 2 heterocycles. The minimum absolute atomic E-state index is 0.0719. The minimum atomic E-state index is -0.320. The number of carbonyl (C=O) groups excluding carboxylic acids is 1. The molecule has 130 valence electrons. The standard InChI is InChI=1S/C19H22N4O2/c1-12-8-14-10-15(11-20)18(23-16(14)9-13(12)2)21-5-6-22-19(24)17-4-3-7-25-17/h8-10,17H,3-7H2,1-2H3,(H,21,23)(H,22,24)/t17-/m0/s1. The molecule has 1 atom stereocenters. The summed E-state index contributed by atoms with van der Waals surface area (Å²) in [5.74, 6) is 0.474. The van der Waals surface area contributed by atoms with Gasteiger partial charge < -0.3 is 15.4 Å². The number of pyridine rings is 1. The van der Waals surface area contributed by atoms with Gasteiger partial charge in [-0.1, -0.05) is 0 Å². The Morgan fingerprint density at radius 2 is 2.12 bits per heavy atom. The summed E-state index contributed by atoms with van der Waals surface area (Å²) in [5, 5.41) is 16.3. The molecular weight excluding hydrogens is 316 g/mol. The third-order valence-corrected chi connectivity index (χ3v) is 4.49. The van der Waals surface area contributed by atoms with Crippen LogP contribution in [0.25, 0.3) is 10.9 Å². The van der Waals surface area contributed by atoms with E-state index in [4.69, 9.17) is 4.74 Å². The molecule has 0 aliphatic carbocycles. The zero-order valence-electron chi connectivity index (χ0n) is 14.6. The van der Waals surface area contributed by atoms with Gasteiger partial charge in [-0.25, -0.2) is 4.98 Å². The molecule has 1 fully saturated rings. The van der Waals surface area contributed by atoms with Gasteiger partial charge in [-0.2, -0.15) is 5.26 Å². The lowest BCUT2D eigenvalue weighted by Gasteiger charge is -2.12. The van der Waals surface area contributed by atoms with Crippen molar-refractivity contribution in [3.05, 3.63) is 34.9 Å². The smallest absolute Gasteiger partial charge is 0.249 e. The number of carbonyl (C=O) groups is 1. The first-order chi connectivity index (χ1) is 12.1. The average molecular weight is 338 g/mol. The monoisotopic (exact) mass is 338 g/mol. The Bertz CT molecular complexity index is 835. The molecule has 1 aromatic carbocycles. The first-order valence-corrected chi connectivity index (χ1v) is 8.54. The predicted molar refractivity (Wildman–Crippen MR) is 96.4 cm³/mol. The number of ether oxygens (including phenoxy) is 1. The molecule has 0 radical (unpaired) electrons. The fourth-order valence-electron chi connectivity index (χ4n) is 2.93. The Morgan fingerprint density at radius 1 is 1.32 bits per heavy atom. The van der Waals surface area contributed by atoms with Crippen LogP contribution in [0.5, 0.6) is 0 Å². The Labute approximate surface area is 147 Å². The average Bonchev–Trinajstić information content (AvgIpc) is 3.14. The third kappa shape index (κ3) is 3.89. The van der Waals surface area contributed by atoms with Crippen LogP contribution in [0.1, 0.15) is 29.5 Å². The van der Waals surface area contributed by atoms with Crippen LogP contribution in [0.15, 0.2) is 18.2 Å². The number of nitrogens with one attached hydrogen (secondary N) is 2.